The summed E-state index contributed by atoms with van der Waals surface area (Å²) in [6.45, 7) is 9.20. The Morgan fingerprint density at radius 1 is 0.968 bits per heavy atom. The van der Waals surface area contributed by atoms with E-state index >= 15 is 0 Å². The van der Waals surface area contributed by atoms with Gasteiger partial charge in [-0.05, 0) is 46.0 Å². The molecule has 0 amide bonds. The topological polar surface area (TPSA) is 22.1 Å². The van der Waals surface area contributed by atoms with E-state index < -0.39 is 8.32 Å². The number of halogens is 1. The van der Waals surface area contributed by atoms with Gasteiger partial charge in [0.1, 0.15) is 0 Å². The SMILES string of the molecule is C/C(=C\c1cccnc1)[C@H](CCI)O[Si](c1ccccc1)(c1ccccc1)C(C)(C)C. The van der Waals surface area contributed by atoms with Crippen LogP contribution in [0.3, 0.4) is 0 Å². The van der Waals surface area contributed by atoms with E-state index in [1.54, 1.807) is 0 Å². The molecule has 31 heavy (non-hydrogen) atoms. The third-order valence-electron chi connectivity index (χ3n) is 5.69. The van der Waals surface area contributed by atoms with Crippen molar-refractivity contribution in [2.24, 2.45) is 0 Å². The first-order valence-corrected chi connectivity index (χ1v) is 14.2. The lowest BCUT2D eigenvalue weighted by Gasteiger charge is -2.45. The predicted octanol–water partition coefficient (Wildman–Crippen LogP) is 6.26. The van der Waals surface area contributed by atoms with Crippen molar-refractivity contribution in [1.29, 1.82) is 0 Å². The Hall–Kier alpha value is -1.76. The largest absolute Gasteiger partial charge is 0.401 e. The van der Waals surface area contributed by atoms with Crippen LogP contribution in [0.4, 0.5) is 0 Å². The highest BCUT2D eigenvalue weighted by atomic mass is 127. The Morgan fingerprint density at radius 2 is 1.55 bits per heavy atom. The minimum atomic E-state index is -2.59. The zero-order valence-corrected chi connectivity index (χ0v) is 22.0. The minimum Gasteiger partial charge on any atom is -0.401 e. The molecule has 162 valence electrons. The molecule has 0 N–H and O–H groups in total. The van der Waals surface area contributed by atoms with Crippen LogP contribution in [-0.4, -0.2) is 23.8 Å². The Kier molecular flexibility index (Phi) is 8.25. The molecule has 0 aliphatic rings. The Labute approximate surface area is 202 Å². The summed E-state index contributed by atoms with van der Waals surface area (Å²) in [5, 5.41) is 2.61. The number of alkyl halides is 1. The molecule has 0 radical (unpaired) electrons. The van der Waals surface area contributed by atoms with Gasteiger partial charge >= 0.3 is 0 Å². The first kappa shape index (κ1) is 23.9. The zero-order chi connectivity index (χ0) is 22.3. The second kappa shape index (κ2) is 10.7. The maximum absolute atomic E-state index is 7.39. The number of benzene rings is 2. The van der Waals surface area contributed by atoms with Crippen molar-refractivity contribution in [3.8, 4) is 0 Å². The van der Waals surface area contributed by atoms with Crippen molar-refractivity contribution in [2.45, 2.75) is 45.3 Å². The van der Waals surface area contributed by atoms with Gasteiger partial charge < -0.3 is 4.43 Å². The van der Waals surface area contributed by atoms with Crippen LogP contribution in [0.2, 0.25) is 5.04 Å². The van der Waals surface area contributed by atoms with E-state index in [9.17, 15) is 0 Å². The van der Waals surface area contributed by atoms with E-state index in [1.165, 1.54) is 15.9 Å². The molecule has 2 nitrogen and oxygen atoms in total. The molecule has 0 unspecified atom stereocenters. The van der Waals surface area contributed by atoms with Crippen LogP contribution in [0.25, 0.3) is 6.08 Å². The van der Waals surface area contributed by atoms with Crippen LogP contribution in [-0.2, 0) is 4.43 Å². The van der Waals surface area contributed by atoms with Gasteiger partial charge in [-0.25, -0.2) is 0 Å². The van der Waals surface area contributed by atoms with E-state index in [4.69, 9.17) is 4.43 Å². The third-order valence-corrected chi connectivity index (χ3v) is 11.4. The molecule has 0 saturated carbocycles. The number of nitrogens with zero attached hydrogens (tertiary/aromatic N) is 1. The lowest BCUT2D eigenvalue weighted by atomic mass is 10.1. The van der Waals surface area contributed by atoms with E-state index in [0.29, 0.717) is 0 Å². The number of pyridine rings is 1. The lowest BCUT2D eigenvalue weighted by Crippen LogP contribution is -2.67. The summed E-state index contributed by atoms with van der Waals surface area (Å²) in [5.74, 6) is 0. The zero-order valence-electron chi connectivity index (χ0n) is 18.9. The van der Waals surface area contributed by atoms with Crippen LogP contribution < -0.4 is 10.4 Å². The van der Waals surface area contributed by atoms with Gasteiger partial charge in [-0.3, -0.25) is 4.98 Å². The molecule has 3 rings (SSSR count). The molecule has 3 aromatic rings. The van der Waals surface area contributed by atoms with Crippen molar-refractivity contribution in [3.05, 3.63) is 96.3 Å². The first-order chi connectivity index (χ1) is 14.9. The van der Waals surface area contributed by atoms with E-state index in [2.05, 4.69) is 128 Å². The van der Waals surface area contributed by atoms with Crippen molar-refractivity contribution in [1.82, 2.24) is 4.98 Å². The summed E-state index contributed by atoms with van der Waals surface area (Å²) < 4.78 is 8.44. The number of hydrogen-bond donors (Lipinski definition) is 0. The summed E-state index contributed by atoms with van der Waals surface area (Å²) in [6, 6.07) is 25.8. The summed E-state index contributed by atoms with van der Waals surface area (Å²) in [5.41, 5.74) is 2.36. The van der Waals surface area contributed by atoms with Crippen LogP contribution >= 0.6 is 22.6 Å². The smallest absolute Gasteiger partial charge is 0.261 e. The van der Waals surface area contributed by atoms with Gasteiger partial charge in [-0.15, -0.1) is 0 Å². The van der Waals surface area contributed by atoms with Crippen LogP contribution in [0.5, 0.6) is 0 Å². The number of aromatic nitrogens is 1. The molecule has 0 saturated heterocycles. The van der Waals surface area contributed by atoms with Crippen molar-refractivity contribution in [3.63, 3.8) is 0 Å². The molecule has 1 heterocycles. The summed E-state index contributed by atoms with van der Waals surface area (Å²) in [7, 11) is -2.59. The van der Waals surface area contributed by atoms with E-state index in [0.717, 1.165) is 16.4 Å². The molecule has 1 aromatic heterocycles. The molecule has 2 aromatic carbocycles. The van der Waals surface area contributed by atoms with Crippen molar-refractivity contribution < 1.29 is 4.43 Å². The van der Waals surface area contributed by atoms with Gasteiger partial charge in [0.05, 0.1) is 6.10 Å². The van der Waals surface area contributed by atoms with Gasteiger partial charge in [0.15, 0.2) is 0 Å². The average Bonchev–Trinajstić information content (AvgIpc) is 2.77. The van der Waals surface area contributed by atoms with Crippen LogP contribution in [0.1, 0.15) is 39.7 Å². The standard InChI is InChI=1S/C27H32INOSi/c1-22(20-23-12-11-19-29-21-23)26(17-18-28)30-31(27(2,3)4,24-13-7-5-8-14-24)25-15-9-6-10-16-25/h5-16,19-21,26H,17-18H2,1-4H3/b22-20+/t26-/m0/s1. The second-order valence-corrected chi connectivity index (χ2v) is 14.3. The molecule has 0 fully saturated rings. The van der Waals surface area contributed by atoms with Gasteiger partial charge in [-0.1, -0.05) is 116 Å². The van der Waals surface area contributed by atoms with E-state index in [-0.39, 0.29) is 11.1 Å². The maximum Gasteiger partial charge on any atom is 0.261 e. The lowest BCUT2D eigenvalue weighted by molar-refractivity contribution is 0.220. The quantitative estimate of drug-likeness (QED) is 0.191. The van der Waals surface area contributed by atoms with Crippen LogP contribution in [0, 0.1) is 0 Å². The molecule has 1 atom stereocenters. The molecule has 0 bridgehead atoms. The summed E-state index contributed by atoms with van der Waals surface area (Å²) in [4.78, 5) is 4.27. The van der Waals surface area contributed by atoms with Crippen LogP contribution in [0.15, 0.2) is 90.8 Å². The Bertz CT molecular complexity index is 929. The molecular formula is C27H32INOSi. The molecule has 0 aliphatic carbocycles. The summed E-state index contributed by atoms with van der Waals surface area (Å²) >= 11 is 2.46. The third kappa shape index (κ3) is 5.54. The fourth-order valence-corrected chi connectivity index (χ4v) is 9.51. The highest BCUT2D eigenvalue weighted by Gasteiger charge is 2.51. The monoisotopic (exact) mass is 541 g/mol. The fraction of sp³-hybridized carbons (Fsp3) is 0.296. The summed E-state index contributed by atoms with van der Waals surface area (Å²) in [6.07, 6.45) is 6.97. The second-order valence-electron chi connectivity index (χ2n) is 8.92. The first-order valence-electron chi connectivity index (χ1n) is 10.8. The minimum absolute atomic E-state index is 0.0339. The average molecular weight is 542 g/mol. The van der Waals surface area contributed by atoms with Crippen molar-refractivity contribution in [2.75, 3.05) is 4.43 Å². The highest BCUT2D eigenvalue weighted by molar-refractivity contribution is 14.1. The highest BCUT2D eigenvalue weighted by Crippen LogP contribution is 2.38. The predicted molar refractivity (Wildman–Crippen MR) is 144 cm³/mol. The Balaban J connectivity index is 2.15. The van der Waals surface area contributed by atoms with E-state index in [1.807, 2.05) is 18.5 Å². The van der Waals surface area contributed by atoms with Gasteiger partial charge in [0.2, 0.25) is 0 Å². The fourth-order valence-electron chi connectivity index (χ4n) is 4.20. The maximum atomic E-state index is 7.39. The Morgan fingerprint density at radius 3 is 2.00 bits per heavy atom. The molecule has 0 spiro atoms. The molecule has 0 aliphatic heterocycles. The van der Waals surface area contributed by atoms with Gasteiger partial charge in [0.25, 0.3) is 8.32 Å². The van der Waals surface area contributed by atoms with Gasteiger partial charge in [-0.2, -0.15) is 0 Å². The number of hydrogen-bond acceptors (Lipinski definition) is 2. The number of rotatable bonds is 8. The van der Waals surface area contributed by atoms with Crippen molar-refractivity contribution >= 4 is 47.4 Å². The molecule has 4 heteroatoms. The van der Waals surface area contributed by atoms with Gasteiger partial charge in [0, 0.05) is 16.8 Å². The molecular weight excluding hydrogens is 509 g/mol. The normalized spacial score (nSPS) is 13.8.